The van der Waals surface area contributed by atoms with E-state index >= 15 is 0 Å². The maximum Gasteiger partial charge on any atom is 0.265 e. The molecule has 0 saturated carbocycles. The predicted molar refractivity (Wildman–Crippen MR) is 101 cm³/mol. The minimum absolute atomic E-state index is 0.284. The number of anilines is 1. The smallest absolute Gasteiger partial charge is 0.265 e. The molecule has 25 heavy (non-hydrogen) atoms. The van der Waals surface area contributed by atoms with Crippen molar-refractivity contribution in [2.45, 2.75) is 13.0 Å². The summed E-state index contributed by atoms with van der Waals surface area (Å²) in [5.74, 6) is 0.919. The van der Waals surface area contributed by atoms with Crippen molar-refractivity contribution in [3.05, 3.63) is 65.7 Å². The van der Waals surface area contributed by atoms with Crippen molar-refractivity contribution in [1.82, 2.24) is 0 Å². The summed E-state index contributed by atoms with van der Waals surface area (Å²) in [7, 11) is 1.54. The number of nitrogens with one attached hydrogen (secondary N) is 1. The molecule has 0 unspecified atom stereocenters. The Balaban J connectivity index is 1.78. The Labute approximate surface area is 151 Å². The van der Waals surface area contributed by atoms with Crippen LogP contribution in [0.1, 0.15) is 6.92 Å². The van der Waals surface area contributed by atoms with Gasteiger partial charge in [-0.1, -0.05) is 48.0 Å². The van der Waals surface area contributed by atoms with Crippen molar-refractivity contribution in [3.63, 3.8) is 0 Å². The largest absolute Gasteiger partial charge is 0.495 e. The normalized spacial score (nSPS) is 11.8. The number of fused-ring (bicyclic) bond motifs is 1. The summed E-state index contributed by atoms with van der Waals surface area (Å²) in [6.07, 6.45) is -0.686. The van der Waals surface area contributed by atoms with Crippen LogP contribution in [0.4, 0.5) is 5.69 Å². The third kappa shape index (κ3) is 3.86. The molecule has 1 amide bonds. The summed E-state index contributed by atoms with van der Waals surface area (Å²) in [6, 6.07) is 18.7. The number of hydrogen-bond acceptors (Lipinski definition) is 3. The number of amides is 1. The second kappa shape index (κ2) is 7.45. The van der Waals surface area contributed by atoms with Gasteiger partial charge in [-0.3, -0.25) is 4.79 Å². The summed E-state index contributed by atoms with van der Waals surface area (Å²) in [5.41, 5.74) is 0.508. The Morgan fingerprint density at radius 2 is 1.80 bits per heavy atom. The number of methoxy groups -OCH3 is 1. The van der Waals surface area contributed by atoms with Crippen LogP contribution >= 0.6 is 11.6 Å². The van der Waals surface area contributed by atoms with E-state index in [9.17, 15) is 4.79 Å². The van der Waals surface area contributed by atoms with E-state index in [4.69, 9.17) is 21.1 Å². The molecule has 5 heteroatoms. The summed E-state index contributed by atoms with van der Waals surface area (Å²) in [6.45, 7) is 1.70. The first kappa shape index (κ1) is 17.1. The molecule has 0 spiro atoms. The molecular weight excluding hydrogens is 338 g/mol. The van der Waals surface area contributed by atoms with E-state index < -0.39 is 6.10 Å². The van der Waals surface area contributed by atoms with Crippen molar-refractivity contribution >= 4 is 34.0 Å². The van der Waals surface area contributed by atoms with E-state index in [0.29, 0.717) is 22.2 Å². The van der Waals surface area contributed by atoms with Crippen molar-refractivity contribution in [3.8, 4) is 11.5 Å². The first-order valence-corrected chi connectivity index (χ1v) is 8.25. The van der Waals surface area contributed by atoms with Crippen molar-refractivity contribution < 1.29 is 14.3 Å². The molecule has 4 nitrogen and oxygen atoms in total. The summed E-state index contributed by atoms with van der Waals surface area (Å²) < 4.78 is 11.1. The first-order chi connectivity index (χ1) is 12.1. The number of ether oxygens (including phenoxy) is 2. The molecule has 0 radical (unpaired) electrons. The fourth-order valence-electron chi connectivity index (χ4n) is 2.55. The van der Waals surface area contributed by atoms with Gasteiger partial charge in [0.15, 0.2) is 6.10 Å². The number of benzene rings is 3. The molecule has 1 atom stereocenters. The minimum Gasteiger partial charge on any atom is -0.495 e. The lowest BCUT2D eigenvalue weighted by atomic mass is 10.1. The van der Waals surface area contributed by atoms with Crippen molar-refractivity contribution in [2.75, 3.05) is 12.4 Å². The fraction of sp³-hybridized carbons (Fsp3) is 0.150. The first-order valence-electron chi connectivity index (χ1n) is 7.87. The topological polar surface area (TPSA) is 47.6 Å². The fourth-order valence-corrected chi connectivity index (χ4v) is 2.73. The molecule has 128 valence electrons. The predicted octanol–water partition coefficient (Wildman–Crippen LogP) is 4.91. The average Bonchev–Trinajstić information content (AvgIpc) is 2.62. The van der Waals surface area contributed by atoms with Crippen LogP contribution in [0.15, 0.2) is 60.7 Å². The third-order valence-electron chi connectivity index (χ3n) is 3.84. The Hall–Kier alpha value is -2.72. The second-order valence-corrected chi connectivity index (χ2v) is 6.01. The zero-order chi connectivity index (χ0) is 17.8. The van der Waals surface area contributed by atoms with Gasteiger partial charge >= 0.3 is 0 Å². The van der Waals surface area contributed by atoms with Crippen molar-refractivity contribution in [2.24, 2.45) is 0 Å². The van der Waals surface area contributed by atoms with E-state index in [1.165, 1.54) is 7.11 Å². The number of hydrogen-bond donors (Lipinski definition) is 1. The van der Waals surface area contributed by atoms with Crippen LogP contribution in [0.5, 0.6) is 11.5 Å². The van der Waals surface area contributed by atoms with E-state index in [0.717, 1.165) is 10.8 Å². The lowest BCUT2D eigenvalue weighted by Crippen LogP contribution is -2.30. The molecular formula is C20H18ClNO3. The van der Waals surface area contributed by atoms with Crippen LogP contribution in [0, 0.1) is 0 Å². The molecule has 0 aliphatic rings. The molecule has 0 heterocycles. The summed E-state index contributed by atoms with van der Waals surface area (Å²) >= 11 is 5.99. The molecule has 0 saturated heterocycles. The van der Waals surface area contributed by atoms with Gasteiger partial charge < -0.3 is 14.8 Å². The zero-order valence-corrected chi connectivity index (χ0v) is 14.7. The monoisotopic (exact) mass is 355 g/mol. The van der Waals surface area contributed by atoms with Crippen LogP contribution in [0.3, 0.4) is 0 Å². The van der Waals surface area contributed by atoms with Gasteiger partial charge in [-0.2, -0.15) is 0 Å². The highest BCUT2D eigenvalue weighted by Crippen LogP contribution is 2.29. The molecule has 1 N–H and O–H groups in total. The quantitative estimate of drug-likeness (QED) is 0.707. The maximum absolute atomic E-state index is 12.5. The van der Waals surface area contributed by atoms with Gasteiger partial charge in [0.05, 0.1) is 12.8 Å². The zero-order valence-electron chi connectivity index (χ0n) is 14.0. The van der Waals surface area contributed by atoms with Crippen LogP contribution in [0.25, 0.3) is 10.8 Å². The standard InChI is InChI=1S/C20H18ClNO3/c1-13(20(23)22-17-12-15(21)10-11-19(17)24-2)25-18-9-5-7-14-6-3-4-8-16(14)18/h3-13H,1-2H3,(H,22,23)/t13-/m0/s1. The number of halogens is 1. The summed E-state index contributed by atoms with van der Waals surface area (Å²) in [5, 5.41) is 5.33. The van der Waals surface area contributed by atoms with Crippen LogP contribution < -0.4 is 14.8 Å². The van der Waals surface area contributed by atoms with E-state index in [1.807, 2.05) is 42.5 Å². The number of carbonyl (C=O) groups is 1. The molecule has 0 bridgehead atoms. The van der Waals surface area contributed by atoms with E-state index in [1.54, 1.807) is 25.1 Å². The molecule has 0 aromatic heterocycles. The van der Waals surface area contributed by atoms with Crippen LogP contribution in [0.2, 0.25) is 5.02 Å². The second-order valence-electron chi connectivity index (χ2n) is 5.57. The van der Waals surface area contributed by atoms with E-state index in [-0.39, 0.29) is 5.91 Å². The van der Waals surface area contributed by atoms with Gasteiger partial charge in [-0.25, -0.2) is 0 Å². The van der Waals surface area contributed by atoms with Crippen LogP contribution in [-0.2, 0) is 4.79 Å². The van der Waals surface area contributed by atoms with Gasteiger partial charge in [0, 0.05) is 10.4 Å². The minimum atomic E-state index is -0.686. The highest BCUT2D eigenvalue weighted by molar-refractivity contribution is 6.31. The van der Waals surface area contributed by atoms with E-state index in [2.05, 4.69) is 5.32 Å². The molecule has 0 aliphatic heterocycles. The van der Waals surface area contributed by atoms with Gasteiger partial charge in [0.25, 0.3) is 5.91 Å². The third-order valence-corrected chi connectivity index (χ3v) is 4.08. The molecule has 3 aromatic carbocycles. The Kier molecular flexibility index (Phi) is 5.10. The Bertz CT molecular complexity index is 905. The van der Waals surface area contributed by atoms with Gasteiger partial charge in [-0.15, -0.1) is 0 Å². The Morgan fingerprint density at radius 1 is 1.04 bits per heavy atom. The highest BCUT2D eigenvalue weighted by atomic mass is 35.5. The van der Waals surface area contributed by atoms with Crippen LogP contribution in [-0.4, -0.2) is 19.1 Å². The van der Waals surface area contributed by atoms with Gasteiger partial charge in [0.2, 0.25) is 0 Å². The van der Waals surface area contributed by atoms with Crippen molar-refractivity contribution in [1.29, 1.82) is 0 Å². The number of carbonyl (C=O) groups excluding carboxylic acids is 1. The average molecular weight is 356 g/mol. The molecule has 0 aliphatic carbocycles. The molecule has 3 rings (SSSR count). The van der Waals surface area contributed by atoms with Gasteiger partial charge in [-0.05, 0) is 36.6 Å². The number of rotatable bonds is 5. The maximum atomic E-state index is 12.5. The lowest BCUT2D eigenvalue weighted by molar-refractivity contribution is -0.122. The lowest BCUT2D eigenvalue weighted by Gasteiger charge is -2.17. The SMILES string of the molecule is COc1ccc(Cl)cc1NC(=O)[C@H](C)Oc1cccc2ccccc12. The molecule has 0 fully saturated rings. The summed E-state index contributed by atoms with van der Waals surface area (Å²) in [4.78, 5) is 12.5. The van der Waals surface area contributed by atoms with Gasteiger partial charge in [0.1, 0.15) is 11.5 Å². The molecule has 3 aromatic rings. The Morgan fingerprint density at radius 3 is 2.60 bits per heavy atom. The highest BCUT2D eigenvalue weighted by Gasteiger charge is 2.18.